The number of carboxylic acid groups (broad SMARTS) is 1. The molecule has 2 aliphatic rings. The molecule has 1 heterocycles. The highest BCUT2D eigenvalue weighted by atomic mass is 16.4. The van der Waals surface area contributed by atoms with Gasteiger partial charge in [-0.3, -0.25) is 4.79 Å². The van der Waals surface area contributed by atoms with E-state index in [1.165, 1.54) is 6.42 Å². The molecule has 1 atom stereocenters. The monoisotopic (exact) mass is 268 g/mol. The SMILES string of the molecule is CCC1CCCN(C(=O)N(CCC(=O)O)C2CC2)C1. The molecule has 1 saturated heterocycles. The molecule has 1 aliphatic heterocycles. The molecule has 1 saturated carbocycles. The Hall–Kier alpha value is -1.26. The predicted octanol–water partition coefficient (Wildman–Crippen LogP) is 2.17. The quantitative estimate of drug-likeness (QED) is 0.831. The molecular weight excluding hydrogens is 244 g/mol. The fourth-order valence-corrected chi connectivity index (χ4v) is 2.79. The third kappa shape index (κ3) is 3.85. The summed E-state index contributed by atoms with van der Waals surface area (Å²) >= 11 is 0. The average molecular weight is 268 g/mol. The molecule has 0 spiro atoms. The van der Waals surface area contributed by atoms with E-state index in [2.05, 4.69) is 6.92 Å². The van der Waals surface area contributed by atoms with Crippen LogP contribution in [0, 0.1) is 5.92 Å². The van der Waals surface area contributed by atoms with Crippen LogP contribution in [0.1, 0.15) is 45.4 Å². The average Bonchev–Trinajstić information content (AvgIpc) is 3.23. The second kappa shape index (κ2) is 6.26. The van der Waals surface area contributed by atoms with Crippen LogP contribution in [0.15, 0.2) is 0 Å². The van der Waals surface area contributed by atoms with Crippen molar-refractivity contribution in [3.05, 3.63) is 0 Å². The lowest BCUT2D eigenvalue weighted by molar-refractivity contribution is -0.137. The minimum absolute atomic E-state index is 0.0489. The van der Waals surface area contributed by atoms with Gasteiger partial charge in [0.15, 0.2) is 0 Å². The van der Waals surface area contributed by atoms with Crippen molar-refractivity contribution in [2.24, 2.45) is 5.92 Å². The van der Waals surface area contributed by atoms with Crippen molar-refractivity contribution in [1.82, 2.24) is 9.80 Å². The number of nitrogens with zero attached hydrogens (tertiary/aromatic N) is 2. The number of aliphatic carboxylic acids is 1. The van der Waals surface area contributed by atoms with Gasteiger partial charge in [-0.25, -0.2) is 4.79 Å². The third-order valence-electron chi connectivity index (χ3n) is 4.17. The summed E-state index contributed by atoms with van der Waals surface area (Å²) in [6, 6.07) is 0.343. The molecule has 0 aromatic carbocycles. The van der Waals surface area contributed by atoms with Crippen LogP contribution in [-0.4, -0.2) is 52.6 Å². The first-order valence-electron chi connectivity index (χ1n) is 7.39. The number of hydrogen-bond donors (Lipinski definition) is 1. The first kappa shape index (κ1) is 14.2. The number of carboxylic acids is 1. The fourth-order valence-electron chi connectivity index (χ4n) is 2.79. The number of urea groups is 1. The summed E-state index contributed by atoms with van der Waals surface area (Å²) in [5.74, 6) is -0.221. The van der Waals surface area contributed by atoms with Crippen LogP contribution in [-0.2, 0) is 4.79 Å². The maximum Gasteiger partial charge on any atom is 0.320 e. The number of carbonyl (C=O) groups is 2. The van der Waals surface area contributed by atoms with E-state index >= 15 is 0 Å². The second-order valence-corrected chi connectivity index (χ2v) is 5.71. The zero-order valence-corrected chi connectivity index (χ0v) is 11.7. The molecule has 5 nitrogen and oxygen atoms in total. The van der Waals surface area contributed by atoms with Gasteiger partial charge in [-0.1, -0.05) is 13.3 Å². The number of piperidine rings is 1. The van der Waals surface area contributed by atoms with E-state index in [0.29, 0.717) is 12.5 Å². The number of rotatable bonds is 5. The van der Waals surface area contributed by atoms with E-state index in [1.54, 1.807) is 4.90 Å². The number of likely N-dealkylation sites (tertiary alicyclic amines) is 1. The molecule has 5 heteroatoms. The van der Waals surface area contributed by atoms with E-state index in [1.807, 2.05) is 4.90 Å². The van der Waals surface area contributed by atoms with Gasteiger partial charge in [0.1, 0.15) is 0 Å². The molecule has 1 aliphatic carbocycles. The summed E-state index contributed by atoms with van der Waals surface area (Å²) in [4.78, 5) is 26.9. The van der Waals surface area contributed by atoms with Gasteiger partial charge >= 0.3 is 12.0 Å². The smallest absolute Gasteiger partial charge is 0.320 e. The maximum atomic E-state index is 12.5. The maximum absolute atomic E-state index is 12.5. The Kier molecular flexibility index (Phi) is 4.66. The molecule has 108 valence electrons. The molecule has 0 radical (unpaired) electrons. The third-order valence-corrected chi connectivity index (χ3v) is 4.17. The minimum atomic E-state index is -0.830. The highest BCUT2D eigenvalue weighted by molar-refractivity contribution is 5.76. The molecule has 2 rings (SSSR count). The molecule has 19 heavy (non-hydrogen) atoms. The van der Waals surface area contributed by atoms with Crippen LogP contribution < -0.4 is 0 Å². The van der Waals surface area contributed by atoms with Gasteiger partial charge in [-0.2, -0.15) is 0 Å². The molecule has 2 amide bonds. The minimum Gasteiger partial charge on any atom is -0.481 e. The van der Waals surface area contributed by atoms with Crippen LogP contribution in [0.3, 0.4) is 0 Å². The first-order chi connectivity index (χ1) is 9.11. The van der Waals surface area contributed by atoms with Gasteiger partial charge in [0, 0.05) is 25.7 Å². The van der Waals surface area contributed by atoms with Crippen LogP contribution in [0.4, 0.5) is 4.79 Å². The molecule has 2 fully saturated rings. The Morgan fingerprint density at radius 3 is 2.63 bits per heavy atom. The van der Waals surface area contributed by atoms with Gasteiger partial charge in [0.25, 0.3) is 0 Å². The summed E-state index contributed by atoms with van der Waals surface area (Å²) in [5.41, 5.74) is 0. The Morgan fingerprint density at radius 2 is 2.05 bits per heavy atom. The summed E-state index contributed by atoms with van der Waals surface area (Å²) < 4.78 is 0. The largest absolute Gasteiger partial charge is 0.481 e. The lowest BCUT2D eigenvalue weighted by atomic mass is 9.96. The topological polar surface area (TPSA) is 60.9 Å². The van der Waals surface area contributed by atoms with Gasteiger partial charge in [-0.15, -0.1) is 0 Å². The van der Waals surface area contributed by atoms with E-state index < -0.39 is 5.97 Å². The van der Waals surface area contributed by atoms with Crippen LogP contribution in [0.5, 0.6) is 0 Å². The van der Waals surface area contributed by atoms with E-state index in [0.717, 1.165) is 38.8 Å². The second-order valence-electron chi connectivity index (χ2n) is 5.71. The summed E-state index contributed by atoms with van der Waals surface area (Å²) in [5, 5.41) is 8.79. The van der Waals surface area contributed by atoms with Crippen molar-refractivity contribution in [3.63, 3.8) is 0 Å². The molecule has 0 bridgehead atoms. The van der Waals surface area contributed by atoms with Crippen molar-refractivity contribution < 1.29 is 14.7 Å². The predicted molar refractivity (Wildman–Crippen MR) is 72.0 cm³/mol. The number of hydrogen-bond acceptors (Lipinski definition) is 2. The van der Waals surface area contributed by atoms with Gasteiger partial charge in [0.2, 0.25) is 0 Å². The van der Waals surface area contributed by atoms with E-state index in [9.17, 15) is 9.59 Å². The zero-order valence-electron chi connectivity index (χ0n) is 11.7. The summed E-state index contributed by atoms with van der Waals surface area (Å²) in [6.45, 7) is 4.19. The Bertz CT molecular complexity index is 342. The Balaban J connectivity index is 1.92. The van der Waals surface area contributed by atoms with Crippen molar-refractivity contribution >= 4 is 12.0 Å². The Labute approximate surface area is 114 Å². The molecular formula is C14H24N2O3. The van der Waals surface area contributed by atoms with Crippen molar-refractivity contribution in [2.45, 2.75) is 51.5 Å². The zero-order chi connectivity index (χ0) is 13.8. The van der Waals surface area contributed by atoms with Gasteiger partial charge in [-0.05, 0) is 31.6 Å². The lowest BCUT2D eigenvalue weighted by Crippen LogP contribution is -2.48. The summed E-state index contributed by atoms with van der Waals surface area (Å²) in [6.07, 6.45) is 5.49. The van der Waals surface area contributed by atoms with Crippen LogP contribution >= 0.6 is 0 Å². The standard InChI is InChI=1S/C14H24N2O3/c1-2-11-4-3-8-15(10-11)14(19)16(12-5-6-12)9-7-13(17)18/h11-12H,2-10H2,1H3,(H,17,18). The van der Waals surface area contributed by atoms with Gasteiger partial charge < -0.3 is 14.9 Å². The van der Waals surface area contributed by atoms with Crippen molar-refractivity contribution in [1.29, 1.82) is 0 Å². The Morgan fingerprint density at radius 1 is 1.32 bits per heavy atom. The highest BCUT2D eigenvalue weighted by Crippen LogP contribution is 2.29. The van der Waals surface area contributed by atoms with Crippen molar-refractivity contribution in [3.8, 4) is 0 Å². The van der Waals surface area contributed by atoms with Crippen molar-refractivity contribution in [2.75, 3.05) is 19.6 Å². The molecule has 0 aromatic rings. The normalized spacial score (nSPS) is 23.2. The van der Waals surface area contributed by atoms with E-state index in [4.69, 9.17) is 5.11 Å². The molecule has 1 unspecified atom stereocenters. The molecule has 1 N–H and O–H groups in total. The number of carbonyl (C=O) groups excluding carboxylic acids is 1. The summed E-state index contributed by atoms with van der Waals surface area (Å²) in [7, 11) is 0. The molecule has 0 aromatic heterocycles. The van der Waals surface area contributed by atoms with Crippen LogP contribution in [0.25, 0.3) is 0 Å². The van der Waals surface area contributed by atoms with E-state index in [-0.39, 0.29) is 18.5 Å². The van der Waals surface area contributed by atoms with Crippen LogP contribution in [0.2, 0.25) is 0 Å². The lowest BCUT2D eigenvalue weighted by Gasteiger charge is -2.36. The fraction of sp³-hybridized carbons (Fsp3) is 0.857. The number of amides is 2. The first-order valence-corrected chi connectivity index (χ1v) is 7.39. The van der Waals surface area contributed by atoms with Gasteiger partial charge in [0.05, 0.1) is 6.42 Å². The highest BCUT2D eigenvalue weighted by Gasteiger charge is 2.36.